The van der Waals surface area contributed by atoms with Crippen molar-refractivity contribution in [2.45, 2.75) is 13.8 Å². The van der Waals surface area contributed by atoms with E-state index in [9.17, 15) is 0 Å². The van der Waals surface area contributed by atoms with Crippen LogP contribution in [0.15, 0.2) is 21.9 Å². The van der Waals surface area contributed by atoms with Crippen molar-refractivity contribution in [3.05, 3.63) is 11.9 Å². The van der Waals surface area contributed by atoms with E-state index in [1.807, 2.05) is 0 Å². The third-order valence-electron chi connectivity index (χ3n) is 2.19. The first-order chi connectivity index (χ1) is 6.63. The first-order valence-corrected chi connectivity index (χ1v) is 4.65. The van der Waals surface area contributed by atoms with Crippen LogP contribution in [0, 0.1) is 16.7 Å². The van der Waals surface area contributed by atoms with E-state index in [4.69, 9.17) is 11.1 Å². The van der Waals surface area contributed by atoms with E-state index >= 15 is 0 Å². The standard InChI is InChI=1S/C10H16N4/c1-8(2)9-3-13-6-10(4-11,5-12)7-14-9/h3-4,6-8,11H,5,12H2,1-2H3. The number of nitrogens with one attached hydrogen (secondary N) is 1. The normalized spacial score (nSPS) is 26.1. The van der Waals surface area contributed by atoms with Gasteiger partial charge in [-0.25, -0.2) is 0 Å². The fourth-order valence-electron chi connectivity index (χ4n) is 1.05. The van der Waals surface area contributed by atoms with Gasteiger partial charge in [0.1, 0.15) is 0 Å². The minimum atomic E-state index is -0.604. The number of nitrogens with two attached hydrogens (primary N) is 1. The lowest BCUT2D eigenvalue weighted by Crippen LogP contribution is -2.34. The molecule has 0 spiro atoms. The molecule has 1 atom stereocenters. The third kappa shape index (κ3) is 2.14. The Morgan fingerprint density at radius 1 is 1.57 bits per heavy atom. The highest BCUT2D eigenvalue weighted by Gasteiger charge is 2.22. The van der Waals surface area contributed by atoms with E-state index in [-0.39, 0.29) is 0 Å². The number of allylic oxidation sites excluding steroid dienone is 1. The highest BCUT2D eigenvalue weighted by Crippen LogP contribution is 2.16. The van der Waals surface area contributed by atoms with E-state index in [2.05, 4.69) is 23.8 Å². The number of hydrogen-bond acceptors (Lipinski definition) is 4. The van der Waals surface area contributed by atoms with Crippen LogP contribution in [0.3, 0.4) is 0 Å². The highest BCUT2D eigenvalue weighted by atomic mass is 14.8. The van der Waals surface area contributed by atoms with Gasteiger partial charge in [0.15, 0.2) is 0 Å². The first-order valence-electron chi connectivity index (χ1n) is 4.65. The lowest BCUT2D eigenvalue weighted by Gasteiger charge is -2.15. The average Bonchev–Trinajstić information content (AvgIpc) is 2.40. The smallest absolute Gasteiger partial charge is 0.0874 e. The minimum absolute atomic E-state index is 0.322. The van der Waals surface area contributed by atoms with Gasteiger partial charge in [-0.05, 0) is 5.92 Å². The maximum Gasteiger partial charge on any atom is 0.0874 e. The maximum absolute atomic E-state index is 7.30. The van der Waals surface area contributed by atoms with Gasteiger partial charge in [0, 0.05) is 31.4 Å². The van der Waals surface area contributed by atoms with Crippen LogP contribution in [0.4, 0.5) is 0 Å². The molecule has 0 aromatic heterocycles. The van der Waals surface area contributed by atoms with Crippen LogP contribution in [0.2, 0.25) is 0 Å². The summed E-state index contributed by atoms with van der Waals surface area (Å²) in [6.45, 7) is 4.43. The zero-order valence-corrected chi connectivity index (χ0v) is 8.57. The van der Waals surface area contributed by atoms with Gasteiger partial charge in [0.05, 0.1) is 11.1 Å². The number of aliphatic imine (C=N–C) groups is 2. The molecule has 0 aromatic carbocycles. The quantitative estimate of drug-likeness (QED) is 0.648. The molecule has 0 amide bonds. The van der Waals surface area contributed by atoms with Gasteiger partial charge in [-0.1, -0.05) is 13.8 Å². The van der Waals surface area contributed by atoms with Crippen LogP contribution >= 0.6 is 0 Å². The lowest BCUT2D eigenvalue weighted by atomic mass is 9.93. The predicted molar refractivity (Wildman–Crippen MR) is 60.2 cm³/mol. The SMILES string of the molecule is CC(C)C1=CN=CC(C=N)(CN)C=N1. The number of hydrogen-bond donors (Lipinski definition) is 2. The van der Waals surface area contributed by atoms with Gasteiger partial charge < -0.3 is 11.1 Å². The summed E-state index contributed by atoms with van der Waals surface area (Å²) in [7, 11) is 0. The fraction of sp³-hybridized carbons (Fsp3) is 0.500. The van der Waals surface area contributed by atoms with E-state index in [1.54, 1.807) is 18.6 Å². The Morgan fingerprint density at radius 2 is 2.29 bits per heavy atom. The number of rotatable bonds is 3. The van der Waals surface area contributed by atoms with Gasteiger partial charge in [-0.3, -0.25) is 9.98 Å². The molecule has 1 aliphatic rings. The lowest BCUT2D eigenvalue weighted by molar-refractivity contribution is 0.752. The van der Waals surface area contributed by atoms with E-state index < -0.39 is 5.41 Å². The Hall–Kier alpha value is -1.29. The van der Waals surface area contributed by atoms with Crippen molar-refractivity contribution in [1.29, 1.82) is 5.41 Å². The van der Waals surface area contributed by atoms with Crippen molar-refractivity contribution in [2.75, 3.05) is 6.54 Å². The van der Waals surface area contributed by atoms with Crippen molar-refractivity contribution in [1.82, 2.24) is 0 Å². The van der Waals surface area contributed by atoms with Gasteiger partial charge >= 0.3 is 0 Å². The molecule has 0 fully saturated rings. The molecular weight excluding hydrogens is 176 g/mol. The molecule has 1 rings (SSSR count). The molecule has 0 radical (unpaired) electrons. The van der Waals surface area contributed by atoms with E-state index in [0.717, 1.165) is 5.70 Å². The Bertz CT molecular complexity index is 301. The molecule has 0 saturated carbocycles. The molecule has 4 nitrogen and oxygen atoms in total. The molecule has 0 saturated heterocycles. The van der Waals surface area contributed by atoms with E-state index in [0.29, 0.717) is 12.5 Å². The van der Waals surface area contributed by atoms with Gasteiger partial charge in [-0.15, -0.1) is 0 Å². The Kier molecular flexibility index (Phi) is 3.30. The summed E-state index contributed by atoms with van der Waals surface area (Å²) >= 11 is 0. The van der Waals surface area contributed by atoms with Gasteiger partial charge in [0.2, 0.25) is 0 Å². The van der Waals surface area contributed by atoms with Crippen LogP contribution in [0.5, 0.6) is 0 Å². The summed E-state index contributed by atoms with van der Waals surface area (Å²) in [5.74, 6) is 0.336. The largest absolute Gasteiger partial charge is 0.329 e. The minimum Gasteiger partial charge on any atom is -0.329 e. The predicted octanol–water partition coefficient (Wildman–Crippen LogP) is 1.23. The summed E-state index contributed by atoms with van der Waals surface area (Å²) in [4.78, 5) is 8.42. The molecule has 0 bridgehead atoms. The topological polar surface area (TPSA) is 74.6 Å². The molecule has 14 heavy (non-hydrogen) atoms. The molecular formula is C10H16N4. The van der Waals surface area contributed by atoms with Crippen molar-refractivity contribution in [3.8, 4) is 0 Å². The van der Waals surface area contributed by atoms with Gasteiger partial charge in [0.25, 0.3) is 0 Å². The molecule has 1 unspecified atom stereocenters. The molecule has 1 aliphatic heterocycles. The third-order valence-corrected chi connectivity index (χ3v) is 2.19. The summed E-state index contributed by atoms with van der Waals surface area (Å²) in [6, 6.07) is 0. The Labute approximate surface area is 84.1 Å². The van der Waals surface area contributed by atoms with Crippen molar-refractivity contribution < 1.29 is 0 Å². The Balaban J connectivity index is 2.96. The monoisotopic (exact) mass is 192 g/mol. The zero-order valence-electron chi connectivity index (χ0n) is 8.57. The van der Waals surface area contributed by atoms with Crippen LogP contribution in [-0.4, -0.2) is 25.2 Å². The van der Waals surface area contributed by atoms with Crippen molar-refractivity contribution in [3.63, 3.8) is 0 Å². The molecule has 3 N–H and O–H groups in total. The summed E-state index contributed by atoms with van der Waals surface area (Å²) in [6.07, 6.45) is 6.36. The first kappa shape index (κ1) is 10.8. The fourth-order valence-corrected chi connectivity index (χ4v) is 1.05. The van der Waals surface area contributed by atoms with Crippen LogP contribution in [0.1, 0.15) is 13.8 Å². The van der Waals surface area contributed by atoms with Gasteiger partial charge in [-0.2, -0.15) is 0 Å². The maximum atomic E-state index is 7.30. The summed E-state index contributed by atoms with van der Waals surface area (Å²) in [5, 5.41) is 7.30. The van der Waals surface area contributed by atoms with E-state index in [1.165, 1.54) is 6.21 Å². The highest BCUT2D eigenvalue weighted by molar-refractivity contribution is 6.07. The second-order valence-corrected chi connectivity index (χ2v) is 3.71. The van der Waals surface area contributed by atoms with Crippen molar-refractivity contribution >= 4 is 18.6 Å². The Morgan fingerprint density at radius 3 is 2.79 bits per heavy atom. The second kappa shape index (κ2) is 4.28. The molecule has 0 aliphatic carbocycles. The van der Waals surface area contributed by atoms with Crippen molar-refractivity contribution in [2.24, 2.45) is 27.1 Å². The van der Waals surface area contributed by atoms with Crippen LogP contribution < -0.4 is 5.73 Å². The zero-order chi connectivity index (χ0) is 10.6. The molecule has 76 valence electrons. The average molecular weight is 192 g/mol. The summed E-state index contributed by atoms with van der Waals surface area (Å²) in [5.41, 5.74) is 5.89. The molecule has 1 heterocycles. The second-order valence-electron chi connectivity index (χ2n) is 3.71. The van der Waals surface area contributed by atoms with Crippen LogP contribution in [-0.2, 0) is 0 Å². The number of nitrogens with zero attached hydrogens (tertiary/aromatic N) is 2. The summed E-state index contributed by atoms with van der Waals surface area (Å²) < 4.78 is 0. The van der Waals surface area contributed by atoms with Crippen LogP contribution in [0.25, 0.3) is 0 Å². The molecule has 0 aromatic rings. The molecule has 4 heteroatoms.